The molecule has 1 saturated heterocycles. The van der Waals surface area contributed by atoms with Crippen LogP contribution in [-0.4, -0.2) is 32.5 Å². The van der Waals surface area contributed by atoms with E-state index < -0.39 is 0 Å². The minimum absolute atomic E-state index is 0.0930. The molecule has 1 aromatic carbocycles. The molecule has 2 unspecified atom stereocenters. The summed E-state index contributed by atoms with van der Waals surface area (Å²) in [5.74, 6) is 1.72. The average molecular weight is 279 g/mol. The molecule has 2 rings (SSSR count). The molecule has 1 aromatic rings. The lowest BCUT2D eigenvalue weighted by molar-refractivity contribution is -0.0112. The Labute approximate surface area is 121 Å². The fourth-order valence-electron chi connectivity index (χ4n) is 2.45. The van der Waals surface area contributed by atoms with Crippen LogP contribution in [0.25, 0.3) is 0 Å². The van der Waals surface area contributed by atoms with Crippen molar-refractivity contribution < 1.29 is 14.2 Å². The van der Waals surface area contributed by atoms with Gasteiger partial charge in [0.2, 0.25) is 0 Å². The Morgan fingerprint density at radius 2 is 2.25 bits per heavy atom. The molecule has 2 atom stereocenters. The van der Waals surface area contributed by atoms with E-state index in [1.54, 1.807) is 7.11 Å². The highest BCUT2D eigenvalue weighted by Gasteiger charge is 2.16. The van der Waals surface area contributed by atoms with Crippen LogP contribution in [0.3, 0.4) is 0 Å². The molecule has 1 aliphatic rings. The van der Waals surface area contributed by atoms with Crippen LogP contribution in [0.4, 0.5) is 0 Å². The Morgan fingerprint density at radius 3 is 2.90 bits per heavy atom. The Bertz CT molecular complexity index is 414. The average Bonchev–Trinajstić information content (AvgIpc) is 2.46. The molecule has 20 heavy (non-hydrogen) atoms. The lowest BCUT2D eigenvalue weighted by Gasteiger charge is -2.23. The molecule has 1 fully saturated rings. The highest BCUT2D eigenvalue weighted by atomic mass is 16.5. The Balaban J connectivity index is 2.01. The lowest BCUT2D eigenvalue weighted by Crippen LogP contribution is -2.26. The summed E-state index contributed by atoms with van der Waals surface area (Å²) in [7, 11) is 1.67. The van der Waals surface area contributed by atoms with Gasteiger partial charge in [-0.15, -0.1) is 0 Å². The first-order valence-electron chi connectivity index (χ1n) is 7.36. The first-order chi connectivity index (χ1) is 9.69. The predicted octanol–water partition coefficient (Wildman–Crippen LogP) is 2.53. The fourth-order valence-corrected chi connectivity index (χ4v) is 2.45. The maximum absolute atomic E-state index is 5.94. The summed E-state index contributed by atoms with van der Waals surface area (Å²) in [5, 5.41) is 0. The highest BCUT2D eigenvalue weighted by molar-refractivity contribution is 5.40. The zero-order chi connectivity index (χ0) is 14.4. The van der Waals surface area contributed by atoms with Crippen LogP contribution >= 0.6 is 0 Å². The van der Waals surface area contributed by atoms with Crippen molar-refractivity contribution in [3.63, 3.8) is 0 Å². The van der Waals surface area contributed by atoms with Crippen LogP contribution in [0.1, 0.15) is 31.7 Å². The van der Waals surface area contributed by atoms with Gasteiger partial charge in [0.15, 0.2) is 0 Å². The quantitative estimate of drug-likeness (QED) is 0.869. The molecule has 4 nitrogen and oxygen atoms in total. The Hall–Kier alpha value is -1.26. The molecule has 0 spiro atoms. The summed E-state index contributed by atoms with van der Waals surface area (Å²) in [6.45, 7) is 3.45. The standard InChI is InChI=1S/C16H25NO3/c1-12(17)9-13-10-14(18-2)6-7-16(13)20-11-15-5-3-4-8-19-15/h6-7,10,12,15H,3-5,8-9,11,17H2,1-2H3. The normalized spacial score (nSPS) is 20.4. The van der Waals surface area contributed by atoms with Gasteiger partial charge in [0.1, 0.15) is 18.1 Å². The van der Waals surface area contributed by atoms with Gasteiger partial charge in [0.25, 0.3) is 0 Å². The van der Waals surface area contributed by atoms with Crippen molar-refractivity contribution in [3.05, 3.63) is 23.8 Å². The maximum atomic E-state index is 5.94. The molecule has 2 N–H and O–H groups in total. The summed E-state index contributed by atoms with van der Waals surface area (Å²) in [5.41, 5.74) is 7.00. The second-order valence-corrected chi connectivity index (χ2v) is 5.45. The van der Waals surface area contributed by atoms with Gasteiger partial charge in [-0.05, 0) is 56.4 Å². The van der Waals surface area contributed by atoms with Gasteiger partial charge in [-0.1, -0.05) is 0 Å². The van der Waals surface area contributed by atoms with E-state index in [0.717, 1.165) is 42.9 Å². The summed E-state index contributed by atoms with van der Waals surface area (Å²) < 4.78 is 16.9. The van der Waals surface area contributed by atoms with Gasteiger partial charge < -0.3 is 19.9 Å². The second-order valence-electron chi connectivity index (χ2n) is 5.45. The van der Waals surface area contributed by atoms with E-state index >= 15 is 0 Å². The van der Waals surface area contributed by atoms with Gasteiger partial charge in [0.05, 0.1) is 13.2 Å². The van der Waals surface area contributed by atoms with Crippen molar-refractivity contribution in [1.29, 1.82) is 0 Å². The first kappa shape index (κ1) is 15.1. The molecule has 1 aliphatic heterocycles. The van der Waals surface area contributed by atoms with Gasteiger partial charge in [0, 0.05) is 12.6 Å². The predicted molar refractivity (Wildman–Crippen MR) is 79.4 cm³/mol. The Kier molecular flexibility index (Phi) is 5.68. The van der Waals surface area contributed by atoms with Crippen LogP contribution in [0.2, 0.25) is 0 Å². The molecule has 0 saturated carbocycles. The third-order valence-electron chi connectivity index (χ3n) is 3.51. The van der Waals surface area contributed by atoms with E-state index in [4.69, 9.17) is 19.9 Å². The molecule has 0 aliphatic carbocycles. The van der Waals surface area contributed by atoms with E-state index in [1.165, 1.54) is 6.42 Å². The van der Waals surface area contributed by atoms with Crippen molar-refractivity contribution in [2.75, 3.05) is 20.3 Å². The summed E-state index contributed by atoms with van der Waals surface area (Å²) in [6, 6.07) is 5.97. The topological polar surface area (TPSA) is 53.7 Å². The number of benzene rings is 1. The number of hydrogen-bond acceptors (Lipinski definition) is 4. The van der Waals surface area contributed by atoms with Gasteiger partial charge >= 0.3 is 0 Å². The minimum Gasteiger partial charge on any atom is -0.497 e. The zero-order valence-corrected chi connectivity index (χ0v) is 12.4. The summed E-state index contributed by atoms with van der Waals surface area (Å²) >= 11 is 0. The van der Waals surface area contributed by atoms with Crippen LogP contribution in [0, 0.1) is 0 Å². The van der Waals surface area contributed by atoms with E-state index in [-0.39, 0.29) is 12.1 Å². The zero-order valence-electron chi connectivity index (χ0n) is 12.4. The van der Waals surface area contributed by atoms with Crippen LogP contribution in [0.5, 0.6) is 11.5 Å². The van der Waals surface area contributed by atoms with E-state index in [2.05, 4.69) is 0 Å². The molecule has 0 amide bonds. The largest absolute Gasteiger partial charge is 0.497 e. The Morgan fingerprint density at radius 1 is 1.40 bits per heavy atom. The SMILES string of the molecule is COc1ccc(OCC2CCCCO2)c(CC(C)N)c1. The summed E-state index contributed by atoms with van der Waals surface area (Å²) in [6.07, 6.45) is 4.46. The number of ether oxygens (including phenoxy) is 3. The van der Waals surface area contributed by atoms with Crippen molar-refractivity contribution in [2.24, 2.45) is 5.73 Å². The molecule has 0 aromatic heterocycles. The fraction of sp³-hybridized carbons (Fsp3) is 0.625. The number of hydrogen-bond donors (Lipinski definition) is 1. The molecular formula is C16H25NO3. The first-order valence-corrected chi connectivity index (χ1v) is 7.36. The maximum Gasteiger partial charge on any atom is 0.122 e. The van der Waals surface area contributed by atoms with E-state index in [1.807, 2.05) is 25.1 Å². The third kappa shape index (κ3) is 4.39. The van der Waals surface area contributed by atoms with E-state index in [0.29, 0.717) is 6.61 Å². The highest BCUT2D eigenvalue weighted by Crippen LogP contribution is 2.26. The second kappa shape index (κ2) is 7.50. The molecule has 4 heteroatoms. The van der Waals surface area contributed by atoms with Crippen molar-refractivity contribution in [1.82, 2.24) is 0 Å². The van der Waals surface area contributed by atoms with Crippen LogP contribution in [0.15, 0.2) is 18.2 Å². The van der Waals surface area contributed by atoms with Gasteiger partial charge in [-0.2, -0.15) is 0 Å². The molecular weight excluding hydrogens is 254 g/mol. The van der Waals surface area contributed by atoms with Gasteiger partial charge in [-0.3, -0.25) is 0 Å². The van der Waals surface area contributed by atoms with Crippen molar-refractivity contribution in [3.8, 4) is 11.5 Å². The lowest BCUT2D eigenvalue weighted by atomic mass is 10.1. The number of rotatable bonds is 6. The molecule has 112 valence electrons. The van der Waals surface area contributed by atoms with Crippen LogP contribution in [-0.2, 0) is 11.2 Å². The van der Waals surface area contributed by atoms with E-state index in [9.17, 15) is 0 Å². The molecule has 0 radical (unpaired) electrons. The minimum atomic E-state index is 0.0930. The molecule has 1 heterocycles. The summed E-state index contributed by atoms with van der Waals surface area (Å²) in [4.78, 5) is 0. The van der Waals surface area contributed by atoms with Gasteiger partial charge in [-0.25, -0.2) is 0 Å². The number of methoxy groups -OCH3 is 1. The number of nitrogens with two attached hydrogens (primary N) is 1. The molecule has 0 bridgehead atoms. The van der Waals surface area contributed by atoms with Crippen LogP contribution < -0.4 is 15.2 Å². The monoisotopic (exact) mass is 279 g/mol. The third-order valence-corrected chi connectivity index (χ3v) is 3.51. The van der Waals surface area contributed by atoms with Crippen molar-refractivity contribution in [2.45, 2.75) is 44.8 Å². The van der Waals surface area contributed by atoms with Crippen molar-refractivity contribution >= 4 is 0 Å². The smallest absolute Gasteiger partial charge is 0.122 e.